The second-order valence-corrected chi connectivity index (χ2v) is 10.6. The lowest BCUT2D eigenvalue weighted by Crippen LogP contribution is -2.34. The third-order valence-corrected chi connectivity index (χ3v) is 7.90. The van der Waals surface area contributed by atoms with E-state index in [0.29, 0.717) is 18.4 Å². The smallest absolute Gasteiger partial charge is 0.267 e. The Hall–Kier alpha value is -1.81. The Morgan fingerprint density at radius 2 is 1.97 bits per heavy atom. The van der Waals surface area contributed by atoms with Crippen LogP contribution in [0.5, 0.6) is 5.75 Å². The normalized spacial score (nSPS) is 26.8. The third kappa shape index (κ3) is 4.16. The predicted molar refractivity (Wildman–Crippen MR) is 106 cm³/mol. The molecule has 3 fully saturated rings. The largest absolute Gasteiger partial charge is 0.492 e. The molecule has 1 amide bonds. The number of sulfonamides is 1. The van der Waals surface area contributed by atoms with Crippen LogP contribution in [-0.4, -0.2) is 46.3 Å². The number of hydrogen-bond acceptors (Lipinski definition) is 5. The minimum atomic E-state index is -3.98. The lowest BCUT2D eigenvalue weighted by molar-refractivity contribution is 0.0368. The standard InChI is InChI=1S/C21H26F3NO5S/c1-29-8-9-31(27,28)25-19(26)15-10-14(13-5-6-13)17(11-16(15)22)30-12-20-7-3-2-4-18(20)21(20,23)24/h10-11,13,18H,2-9,12H2,1H3,(H,25,26). The summed E-state index contributed by atoms with van der Waals surface area (Å²) >= 11 is 0. The Kier molecular flexibility index (Phi) is 5.74. The Bertz CT molecular complexity index is 979. The van der Waals surface area contributed by atoms with Crippen LogP contribution >= 0.6 is 0 Å². The monoisotopic (exact) mass is 461 g/mol. The molecular formula is C21H26F3NO5S. The van der Waals surface area contributed by atoms with Gasteiger partial charge in [-0.25, -0.2) is 26.3 Å². The van der Waals surface area contributed by atoms with E-state index in [9.17, 15) is 26.4 Å². The van der Waals surface area contributed by atoms with Crippen LogP contribution in [0.4, 0.5) is 13.2 Å². The highest BCUT2D eigenvalue weighted by Gasteiger charge is 2.80. The van der Waals surface area contributed by atoms with Crippen LogP contribution in [0.2, 0.25) is 0 Å². The molecule has 1 aromatic rings. The number of rotatable bonds is 9. The zero-order chi connectivity index (χ0) is 22.4. The molecule has 4 rings (SSSR count). The predicted octanol–water partition coefficient (Wildman–Crippen LogP) is 3.61. The second-order valence-electron chi connectivity index (χ2n) is 8.75. The number of benzene rings is 1. The van der Waals surface area contributed by atoms with E-state index >= 15 is 0 Å². The number of carbonyl (C=O) groups excluding carboxylic acids is 1. The average molecular weight is 462 g/mol. The first-order chi connectivity index (χ1) is 14.6. The highest BCUT2D eigenvalue weighted by atomic mass is 32.2. The Morgan fingerprint density at radius 3 is 2.61 bits per heavy atom. The maximum Gasteiger partial charge on any atom is 0.267 e. The van der Waals surface area contributed by atoms with Gasteiger partial charge in [-0.3, -0.25) is 4.79 Å². The highest BCUT2D eigenvalue weighted by molar-refractivity contribution is 7.90. The number of amides is 1. The van der Waals surface area contributed by atoms with Crippen molar-refractivity contribution in [2.45, 2.75) is 50.4 Å². The van der Waals surface area contributed by atoms with E-state index in [1.165, 1.54) is 13.2 Å². The van der Waals surface area contributed by atoms with Crippen molar-refractivity contribution in [1.29, 1.82) is 0 Å². The molecule has 0 radical (unpaired) electrons. The number of fused-ring (bicyclic) bond motifs is 1. The molecule has 10 heteroatoms. The Morgan fingerprint density at radius 1 is 1.23 bits per heavy atom. The molecule has 1 N–H and O–H groups in total. The van der Waals surface area contributed by atoms with Crippen LogP contribution in [0.15, 0.2) is 12.1 Å². The molecule has 3 aliphatic carbocycles. The van der Waals surface area contributed by atoms with E-state index in [2.05, 4.69) is 0 Å². The van der Waals surface area contributed by atoms with Gasteiger partial charge in [0.1, 0.15) is 18.2 Å². The maximum absolute atomic E-state index is 14.7. The number of hydrogen-bond donors (Lipinski definition) is 1. The summed E-state index contributed by atoms with van der Waals surface area (Å²) in [6, 6.07) is 2.30. The number of alkyl halides is 2. The minimum absolute atomic E-state index is 0.0339. The zero-order valence-corrected chi connectivity index (χ0v) is 18.1. The topological polar surface area (TPSA) is 81.7 Å². The van der Waals surface area contributed by atoms with E-state index in [1.54, 1.807) is 0 Å². The first-order valence-corrected chi connectivity index (χ1v) is 12.1. The van der Waals surface area contributed by atoms with Gasteiger partial charge in [-0.2, -0.15) is 0 Å². The Labute approximate surface area is 179 Å². The number of carbonyl (C=O) groups is 1. The van der Waals surface area contributed by atoms with Crippen molar-refractivity contribution < 1.29 is 35.9 Å². The quantitative estimate of drug-likeness (QED) is 0.608. The number of halogens is 3. The van der Waals surface area contributed by atoms with Gasteiger partial charge in [-0.05, 0) is 43.2 Å². The van der Waals surface area contributed by atoms with Crippen molar-refractivity contribution in [2.75, 3.05) is 26.1 Å². The van der Waals surface area contributed by atoms with Gasteiger partial charge in [0, 0.05) is 19.1 Å². The van der Waals surface area contributed by atoms with Gasteiger partial charge < -0.3 is 9.47 Å². The fourth-order valence-corrected chi connectivity index (χ4v) is 5.56. The van der Waals surface area contributed by atoms with Gasteiger partial charge in [-0.1, -0.05) is 12.8 Å². The molecule has 6 nitrogen and oxygen atoms in total. The molecule has 3 aliphatic rings. The second kappa shape index (κ2) is 7.95. The molecular weight excluding hydrogens is 435 g/mol. The maximum atomic E-state index is 14.7. The molecule has 0 saturated heterocycles. The van der Waals surface area contributed by atoms with Crippen molar-refractivity contribution in [3.05, 3.63) is 29.1 Å². The van der Waals surface area contributed by atoms with Crippen LogP contribution in [0.25, 0.3) is 0 Å². The molecule has 2 atom stereocenters. The van der Waals surface area contributed by atoms with Gasteiger partial charge in [0.05, 0.1) is 23.3 Å². The molecule has 0 spiro atoms. The van der Waals surface area contributed by atoms with Gasteiger partial charge >= 0.3 is 0 Å². The molecule has 172 valence electrons. The first kappa shape index (κ1) is 22.4. The van der Waals surface area contributed by atoms with Crippen molar-refractivity contribution >= 4 is 15.9 Å². The van der Waals surface area contributed by atoms with E-state index in [-0.39, 0.29) is 24.9 Å². The number of ether oxygens (including phenoxy) is 2. The number of nitrogens with one attached hydrogen (secondary N) is 1. The van der Waals surface area contributed by atoms with Gasteiger partial charge in [0.25, 0.3) is 11.8 Å². The van der Waals surface area contributed by atoms with Crippen molar-refractivity contribution in [2.24, 2.45) is 11.3 Å². The fourth-order valence-electron chi connectivity index (χ4n) is 4.68. The fraction of sp³-hybridized carbons (Fsp3) is 0.667. The molecule has 31 heavy (non-hydrogen) atoms. The van der Waals surface area contributed by atoms with Gasteiger partial charge in [-0.15, -0.1) is 0 Å². The summed E-state index contributed by atoms with van der Waals surface area (Å²) in [6.07, 6.45) is 3.96. The van der Waals surface area contributed by atoms with Crippen LogP contribution in [0.1, 0.15) is 60.4 Å². The van der Waals surface area contributed by atoms with E-state index in [1.807, 2.05) is 4.72 Å². The van der Waals surface area contributed by atoms with Gasteiger partial charge in [0.15, 0.2) is 0 Å². The van der Waals surface area contributed by atoms with E-state index in [0.717, 1.165) is 31.7 Å². The molecule has 0 aliphatic heterocycles. The molecule has 1 aromatic carbocycles. The Balaban J connectivity index is 1.53. The molecule has 2 unspecified atom stereocenters. The summed E-state index contributed by atoms with van der Waals surface area (Å²) in [4.78, 5) is 12.4. The van der Waals surface area contributed by atoms with Crippen molar-refractivity contribution in [1.82, 2.24) is 4.72 Å². The molecule has 3 saturated carbocycles. The van der Waals surface area contributed by atoms with Gasteiger partial charge in [0.2, 0.25) is 10.0 Å². The SMILES string of the molecule is COCCS(=O)(=O)NC(=O)c1cc(C2CC2)c(OCC23CCCCC2C3(F)F)cc1F. The van der Waals surface area contributed by atoms with Crippen LogP contribution in [0, 0.1) is 17.2 Å². The van der Waals surface area contributed by atoms with E-state index < -0.39 is 50.3 Å². The van der Waals surface area contributed by atoms with Crippen molar-refractivity contribution in [3.63, 3.8) is 0 Å². The lowest BCUT2D eigenvalue weighted by Gasteiger charge is -2.22. The first-order valence-electron chi connectivity index (χ1n) is 10.5. The molecule has 0 heterocycles. The van der Waals surface area contributed by atoms with Crippen LogP contribution < -0.4 is 9.46 Å². The molecule has 0 aromatic heterocycles. The highest BCUT2D eigenvalue weighted by Crippen LogP contribution is 2.72. The van der Waals surface area contributed by atoms with Crippen LogP contribution in [0.3, 0.4) is 0 Å². The number of methoxy groups -OCH3 is 1. The van der Waals surface area contributed by atoms with Crippen molar-refractivity contribution in [3.8, 4) is 5.75 Å². The summed E-state index contributed by atoms with van der Waals surface area (Å²) in [5, 5.41) is 0. The summed E-state index contributed by atoms with van der Waals surface area (Å²) in [7, 11) is -2.66. The minimum Gasteiger partial charge on any atom is -0.492 e. The summed E-state index contributed by atoms with van der Waals surface area (Å²) in [5.41, 5.74) is -1.05. The molecule has 0 bridgehead atoms. The lowest BCUT2D eigenvalue weighted by atomic mass is 9.89. The summed E-state index contributed by atoms with van der Waals surface area (Å²) in [6.45, 7) is -0.306. The van der Waals surface area contributed by atoms with E-state index in [4.69, 9.17) is 9.47 Å². The zero-order valence-electron chi connectivity index (χ0n) is 17.3. The average Bonchev–Trinajstić information content (AvgIpc) is 3.62. The third-order valence-electron chi connectivity index (χ3n) is 6.70. The van der Waals surface area contributed by atoms with Crippen LogP contribution in [-0.2, 0) is 14.8 Å². The summed E-state index contributed by atoms with van der Waals surface area (Å²) < 4.78 is 79.5. The summed E-state index contributed by atoms with van der Waals surface area (Å²) in [5.74, 6) is -5.75.